The first-order valence-electron chi connectivity index (χ1n) is 10.3. The van der Waals surface area contributed by atoms with Gasteiger partial charge in [0.1, 0.15) is 10.8 Å². The number of likely N-dealkylation sites (tertiary alicyclic amines) is 1. The molecule has 1 aliphatic heterocycles. The first kappa shape index (κ1) is 22.2. The van der Waals surface area contributed by atoms with Crippen LogP contribution in [0.2, 0.25) is 0 Å². The molecule has 1 aliphatic rings. The van der Waals surface area contributed by atoms with Crippen LogP contribution in [0.15, 0.2) is 63.2 Å². The maximum atomic E-state index is 12.5. The largest absolute Gasteiger partial charge is 0.362 e. The molecule has 166 valence electrons. The fourth-order valence-electron chi connectivity index (χ4n) is 3.40. The van der Waals surface area contributed by atoms with Crippen LogP contribution >= 0.6 is 11.3 Å². The topological polar surface area (TPSA) is 91.7 Å². The Morgan fingerprint density at radius 1 is 1.16 bits per heavy atom. The first-order valence-corrected chi connectivity index (χ1v) is 12.6. The van der Waals surface area contributed by atoms with E-state index in [2.05, 4.69) is 14.7 Å². The highest BCUT2D eigenvalue weighted by Gasteiger charge is 2.20. The zero-order valence-corrected chi connectivity index (χ0v) is 19.5. The minimum atomic E-state index is -3.77. The fraction of sp³-hybridized carbons (Fsp3) is 0.261. The van der Waals surface area contributed by atoms with Gasteiger partial charge in [0.15, 0.2) is 0 Å². The summed E-state index contributed by atoms with van der Waals surface area (Å²) in [7, 11) is -1.93. The molecular weight excluding hydrogens is 444 g/mol. The molecule has 0 spiro atoms. The van der Waals surface area contributed by atoms with Crippen LogP contribution in [0.5, 0.6) is 0 Å². The van der Waals surface area contributed by atoms with Crippen molar-refractivity contribution in [3.05, 3.63) is 65.2 Å². The minimum Gasteiger partial charge on any atom is -0.362 e. The minimum absolute atomic E-state index is 0.102. The van der Waals surface area contributed by atoms with Gasteiger partial charge in [-0.05, 0) is 37.6 Å². The molecule has 4 rings (SSSR count). The van der Waals surface area contributed by atoms with Gasteiger partial charge in [0.2, 0.25) is 5.91 Å². The molecule has 9 heteroatoms. The standard InChI is InChI=1S/C23H24N4O3S2/c1-16-5-7-17(8-6-16)23-25-19(15-31-23)14-22(28)24-18-9-11-20(12-10-18)32(29,30)26-21-4-3-13-27(21)2/h5-12,15H,3-4,13-14H2,1-2H3,(H,24,28)/b26-21+. The van der Waals surface area contributed by atoms with E-state index in [1.54, 1.807) is 12.1 Å². The molecule has 1 saturated heterocycles. The number of nitrogens with zero attached hydrogens (tertiary/aromatic N) is 3. The van der Waals surface area contributed by atoms with Crippen LogP contribution in [0.1, 0.15) is 24.1 Å². The molecule has 2 heterocycles. The SMILES string of the molecule is Cc1ccc(-c2nc(CC(=O)Nc3ccc(S(=O)(=O)/N=C4\CCCN4C)cc3)cs2)cc1. The zero-order valence-electron chi connectivity index (χ0n) is 17.9. The normalized spacial score (nSPS) is 15.3. The fourth-order valence-corrected chi connectivity index (χ4v) is 5.32. The third-order valence-corrected chi connectivity index (χ3v) is 7.45. The summed E-state index contributed by atoms with van der Waals surface area (Å²) in [6.07, 6.45) is 1.70. The van der Waals surface area contributed by atoms with E-state index < -0.39 is 10.0 Å². The molecule has 0 radical (unpaired) electrons. The molecule has 0 atom stereocenters. The molecular formula is C23H24N4O3S2. The van der Waals surface area contributed by atoms with Crippen molar-refractivity contribution in [1.29, 1.82) is 0 Å². The molecule has 1 N–H and O–H groups in total. The van der Waals surface area contributed by atoms with Crippen LogP contribution in [0, 0.1) is 6.92 Å². The Bertz CT molecular complexity index is 1250. The summed E-state index contributed by atoms with van der Waals surface area (Å²) < 4.78 is 29.0. The van der Waals surface area contributed by atoms with Crippen LogP contribution in [0.25, 0.3) is 10.6 Å². The number of carbonyl (C=O) groups excluding carboxylic acids is 1. The van der Waals surface area contributed by atoms with Gasteiger partial charge in [-0.2, -0.15) is 8.42 Å². The number of aryl methyl sites for hydroxylation is 1. The third-order valence-electron chi connectivity index (χ3n) is 5.19. The van der Waals surface area contributed by atoms with Gasteiger partial charge in [0.05, 0.1) is 17.0 Å². The second kappa shape index (κ2) is 9.22. The Morgan fingerprint density at radius 3 is 2.53 bits per heavy atom. The van der Waals surface area contributed by atoms with E-state index in [4.69, 9.17) is 0 Å². The van der Waals surface area contributed by atoms with Crippen molar-refractivity contribution in [3.8, 4) is 10.6 Å². The summed E-state index contributed by atoms with van der Waals surface area (Å²) in [5.41, 5.74) is 3.42. The summed E-state index contributed by atoms with van der Waals surface area (Å²) in [6, 6.07) is 14.2. The van der Waals surface area contributed by atoms with Crippen molar-refractivity contribution >= 4 is 38.8 Å². The number of amides is 1. The molecule has 3 aromatic rings. The highest BCUT2D eigenvalue weighted by molar-refractivity contribution is 7.90. The number of hydrogen-bond acceptors (Lipinski definition) is 5. The van der Waals surface area contributed by atoms with Crippen LogP contribution in [0.3, 0.4) is 0 Å². The van der Waals surface area contributed by atoms with Gasteiger partial charge in [-0.3, -0.25) is 4.79 Å². The highest BCUT2D eigenvalue weighted by Crippen LogP contribution is 2.24. The van der Waals surface area contributed by atoms with Gasteiger partial charge in [-0.25, -0.2) is 4.98 Å². The number of anilines is 1. The van der Waals surface area contributed by atoms with Crippen molar-refractivity contribution in [2.45, 2.75) is 31.1 Å². The molecule has 1 amide bonds. The van der Waals surface area contributed by atoms with Crippen molar-refractivity contribution in [3.63, 3.8) is 0 Å². The van der Waals surface area contributed by atoms with Gasteiger partial charge < -0.3 is 10.2 Å². The van der Waals surface area contributed by atoms with Gasteiger partial charge in [0.25, 0.3) is 10.0 Å². The van der Waals surface area contributed by atoms with Crippen LogP contribution in [0.4, 0.5) is 5.69 Å². The van der Waals surface area contributed by atoms with Gasteiger partial charge >= 0.3 is 0 Å². The lowest BCUT2D eigenvalue weighted by Gasteiger charge is -2.11. The number of benzene rings is 2. The van der Waals surface area contributed by atoms with E-state index in [9.17, 15) is 13.2 Å². The lowest BCUT2D eigenvalue weighted by atomic mass is 10.2. The van der Waals surface area contributed by atoms with Crippen molar-refractivity contribution < 1.29 is 13.2 Å². The smallest absolute Gasteiger partial charge is 0.283 e. The Hall–Kier alpha value is -3.04. The second-order valence-electron chi connectivity index (χ2n) is 7.77. The number of nitrogens with one attached hydrogen (secondary N) is 1. The molecule has 1 fully saturated rings. The summed E-state index contributed by atoms with van der Waals surface area (Å²) in [5.74, 6) is 0.366. The Balaban J connectivity index is 1.38. The first-order chi connectivity index (χ1) is 15.3. The van der Waals surface area contributed by atoms with Crippen molar-refractivity contribution in [2.75, 3.05) is 18.9 Å². The van der Waals surface area contributed by atoms with Crippen molar-refractivity contribution in [2.24, 2.45) is 4.40 Å². The van der Waals surface area contributed by atoms with Crippen molar-refractivity contribution in [1.82, 2.24) is 9.88 Å². The summed E-state index contributed by atoms with van der Waals surface area (Å²) in [5, 5.41) is 5.54. The Kier molecular flexibility index (Phi) is 6.38. The quantitative estimate of drug-likeness (QED) is 0.588. The number of rotatable bonds is 6. The Labute approximate surface area is 191 Å². The average molecular weight is 469 g/mol. The predicted octanol–water partition coefficient (Wildman–Crippen LogP) is 4.11. The second-order valence-corrected chi connectivity index (χ2v) is 10.2. The number of thiazole rings is 1. The highest BCUT2D eigenvalue weighted by atomic mass is 32.2. The molecule has 0 aliphatic carbocycles. The number of sulfonamides is 1. The number of aromatic nitrogens is 1. The molecule has 2 aromatic carbocycles. The van der Waals surface area contributed by atoms with E-state index in [0.717, 1.165) is 23.5 Å². The zero-order chi connectivity index (χ0) is 22.7. The molecule has 0 bridgehead atoms. The van der Waals surface area contributed by atoms with Crippen LogP contribution in [-0.4, -0.2) is 43.6 Å². The summed E-state index contributed by atoms with van der Waals surface area (Å²) >= 11 is 1.50. The van der Waals surface area contributed by atoms with E-state index in [-0.39, 0.29) is 17.2 Å². The van der Waals surface area contributed by atoms with Gasteiger partial charge in [-0.15, -0.1) is 15.7 Å². The molecule has 0 unspecified atom stereocenters. The lowest BCUT2D eigenvalue weighted by Crippen LogP contribution is -2.20. The van der Waals surface area contributed by atoms with Crippen LogP contribution < -0.4 is 5.32 Å². The summed E-state index contributed by atoms with van der Waals surface area (Å²) in [6.45, 7) is 2.84. The van der Waals surface area contributed by atoms with E-state index in [1.807, 2.05) is 48.5 Å². The Morgan fingerprint density at radius 2 is 1.88 bits per heavy atom. The monoisotopic (exact) mass is 468 g/mol. The molecule has 0 saturated carbocycles. The lowest BCUT2D eigenvalue weighted by molar-refractivity contribution is -0.115. The maximum absolute atomic E-state index is 12.5. The number of carbonyl (C=O) groups is 1. The molecule has 7 nitrogen and oxygen atoms in total. The number of amidine groups is 1. The van der Waals surface area contributed by atoms with E-state index >= 15 is 0 Å². The predicted molar refractivity (Wildman–Crippen MR) is 128 cm³/mol. The third kappa shape index (κ3) is 5.23. The van der Waals surface area contributed by atoms with Gasteiger partial charge in [0, 0.05) is 36.6 Å². The van der Waals surface area contributed by atoms with E-state index in [0.29, 0.717) is 23.6 Å². The number of hydrogen-bond donors (Lipinski definition) is 1. The molecule has 1 aromatic heterocycles. The molecule has 32 heavy (non-hydrogen) atoms. The summed E-state index contributed by atoms with van der Waals surface area (Å²) in [4.78, 5) is 18.9. The maximum Gasteiger partial charge on any atom is 0.283 e. The van der Waals surface area contributed by atoms with Gasteiger partial charge in [-0.1, -0.05) is 29.8 Å². The average Bonchev–Trinajstić information content (AvgIpc) is 3.38. The van der Waals surface area contributed by atoms with E-state index in [1.165, 1.54) is 29.0 Å². The van der Waals surface area contributed by atoms with Crippen LogP contribution in [-0.2, 0) is 21.2 Å².